The minimum atomic E-state index is -0.0708. The highest BCUT2D eigenvalue weighted by atomic mass is 16.1. The molecule has 1 N–H and O–H groups in total. The summed E-state index contributed by atoms with van der Waals surface area (Å²) in [5, 5.41) is 9.66. The first-order valence-corrected chi connectivity index (χ1v) is 10.8. The summed E-state index contributed by atoms with van der Waals surface area (Å²) in [6, 6.07) is 28.5. The summed E-state index contributed by atoms with van der Waals surface area (Å²) in [6.07, 6.45) is 2.35. The first-order chi connectivity index (χ1) is 15.7. The van der Waals surface area contributed by atoms with Crippen molar-refractivity contribution in [2.24, 2.45) is 0 Å². The number of Topliss-reactive ketones (excluding diaryl/α,β-unsaturated/α-hetero) is 1. The fraction of sp³-hybridized carbons (Fsp3) is 0.148. The molecule has 0 saturated carbocycles. The number of carbonyl (C=O) groups is 1. The Bertz CT molecular complexity index is 1350. The Morgan fingerprint density at radius 1 is 0.938 bits per heavy atom. The third-order valence-corrected chi connectivity index (χ3v) is 6.01. The lowest BCUT2D eigenvalue weighted by atomic mass is 9.86. The highest BCUT2D eigenvalue weighted by Gasteiger charge is 2.25. The summed E-state index contributed by atoms with van der Waals surface area (Å²) in [6.45, 7) is 2.51. The van der Waals surface area contributed by atoms with E-state index in [1.54, 1.807) is 4.68 Å². The number of nitrogens with zero attached hydrogens (tertiary/aromatic N) is 3. The molecule has 2 aromatic heterocycles. The Kier molecular flexibility index (Phi) is 5.38. The van der Waals surface area contributed by atoms with Crippen molar-refractivity contribution in [1.29, 1.82) is 0 Å². The van der Waals surface area contributed by atoms with Crippen molar-refractivity contribution in [3.05, 3.63) is 119 Å². The smallest absolute Gasteiger partial charge is 0.185 e. The molecule has 0 aliphatic rings. The average Bonchev–Trinajstić information content (AvgIpc) is 3.42. The van der Waals surface area contributed by atoms with Crippen LogP contribution in [0.25, 0.3) is 10.9 Å². The van der Waals surface area contributed by atoms with Crippen molar-refractivity contribution in [3.8, 4) is 0 Å². The third kappa shape index (κ3) is 3.85. The van der Waals surface area contributed by atoms with Gasteiger partial charge in [0.2, 0.25) is 0 Å². The zero-order valence-electron chi connectivity index (χ0n) is 17.9. The van der Waals surface area contributed by atoms with E-state index in [1.807, 2.05) is 73.8 Å². The Labute approximate surface area is 186 Å². The summed E-state index contributed by atoms with van der Waals surface area (Å²) >= 11 is 0. The SMILES string of the molecule is Cc1c(C(=O)CC(c2ccccc2)c2c[nH]c3ccccc23)nnn1Cc1ccccc1. The predicted molar refractivity (Wildman–Crippen MR) is 126 cm³/mol. The molecule has 0 aliphatic carbocycles. The molecule has 32 heavy (non-hydrogen) atoms. The van der Waals surface area contributed by atoms with Crippen LogP contribution in [0.4, 0.5) is 0 Å². The van der Waals surface area contributed by atoms with E-state index in [0.29, 0.717) is 18.7 Å². The first kappa shape index (κ1) is 19.9. The molecule has 5 nitrogen and oxygen atoms in total. The van der Waals surface area contributed by atoms with Gasteiger partial charge >= 0.3 is 0 Å². The van der Waals surface area contributed by atoms with Gasteiger partial charge in [0, 0.05) is 29.4 Å². The fourth-order valence-corrected chi connectivity index (χ4v) is 4.28. The molecule has 158 valence electrons. The number of para-hydroxylation sites is 1. The van der Waals surface area contributed by atoms with Crippen molar-refractivity contribution in [1.82, 2.24) is 20.0 Å². The number of hydrogen-bond acceptors (Lipinski definition) is 3. The van der Waals surface area contributed by atoms with E-state index in [9.17, 15) is 4.79 Å². The van der Waals surface area contributed by atoms with Gasteiger partial charge < -0.3 is 4.98 Å². The van der Waals surface area contributed by atoms with Gasteiger partial charge in [0.15, 0.2) is 11.5 Å². The number of nitrogens with one attached hydrogen (secondary N) is 1. The molecule has 1 atom stereocenters. The van der Waals surface area contributed by atoms with E-state index in [0.717, 1.165) is 33.3 Å². The van der Waals surface area contributed by atoms with E-state index < -0.39 is 0 Å². The second-order valence-corrected chi connectivity index (χ2v) is 8.05. The fourth-order valence-electron chi connectivity index (χ4n) is 4.28. The number of carbonyl (C=O) groups excluding carboxylic acids is 1. The second kappa shape index (κ2) is 8.63. The number of rotatable bonds is 7. The van der Waals surface area contributed by atoms with Crippen LogP contribution in [0.1, 0.15) is 45.2 Å². The molecule has 0 amide bonds. The first-order valence-electron chi connectivity index (χ1n) is 10.8. The van der Waals surface area contributed by atoms with Crippen LogP contribution in [0.3, 0.4) is 0 Å². The summed E-state index contributed by atoms with van der Waals surface area (Å²) in [5.41, 5.74) is 5.67. The van der Waals surface area contributed by atoms with Gasteiger partial charge in [-0.3, -0.25) is 4.79 Å². The molecule has 0 spiro atoms. The quantitative estimate of drug-likeness (QED) is 0.353. The van der Waals surface area contributed by atoms with Crippen LogP contribution in [0, 0.1) is 6.92 Å². The van der Waals surface area contributed by atoms with Gasteiger partial charge in [0.1, 0.15) is 0 Å². The predicted octanol–water partition coefficient (Wildman–Crippen LogP) is 5.52. The molecular weight excluding hydrogens is 396 g/mol. The van der Waals surface area contributed by atoms with Crippen LogP contribution in [-0.4, -0.2) is 25.8 Å². The van der Waals surface area contributed by atoms with Gasteiger partial charge in [-0.1, -0.05) is 84.1 Å². The van der Waals surface area contributed by atoms with Gasteiger partial charge in [-0.05, 0) is 29.7 Å². The van der Waals surface area contributed by atoms with Gasteiger partial charge in [-0.15, -0.1) is 5.10 Å². The lowest BCUT2D eigenvalue weighted by Crippen LogP contribution is -2.11. The number of aromatic nitrogens is 4. The van der Waals surface area contributed by atoms with Gasteiger partial charge in [0.05, 0.1) is 12.2 Å². The number of benzene rings is 3. The monoisotopic (exact) mass is 420 g/mol. The number of ketones is 1. The Hall–Kier alpha value is -3.99. The van der Waals surface area contributed by atoms with Crippen molar-refractivity contribution in [2.45, 2.75) is 25.8 Å². The topological polar surface area (TPSA) is 63.6 Å². The maximum Gasteiger partial charge on any atom is 0.185 e. The van der Waals surface area contributed by atoms with Crippen LogP contribution >= 0.6 is 0 Å². The van der Waals surface area contributed by atoms with E-state index in [4.69, 9.17) is 0 Å². The van der Waals surface area contributed by atoms with E-state index in [-0.39, 0.29) is 11.7 Å². The second-order valence-electron chi connectivity index (χ2n) is 8.05. The number of H-pyrrole nitrogens is 1. The molecule has 0 aliphatic heterocycles. The maximum atomic E-state index is 13.4. The van der Waals surface area contributed by atoms with Crippen molar-refractivity contribution in [2.75, 3.05) is 0 Å². The Morgan fingerprint density at radius 3 is 2.41 bits per heavy atom. The molecule has 0 bridgehead atoms. The van der Waals surface area contributed by atoms with Crippen LogP contribution < -0.4 is 0 Å². The van der Waals surface area contributed by atoms with Crippen LogP contribution in [0.15, 0.2) is 91.1 Å². The zero-order chi connectivity index (χ0) is 21.9. The van der Waals surface area contributed by atoms with E-state index in [1.165, 1.54) is 0 Å². The number of fused-ring (bicyclic) bond motifs is 1. The average molecular weight is 421 g/mol. The molecular formula is C27H24N4O. The molecule has 0 fully saturated rings. The molecule has 5 aromatic rings. The number of aromatic amines is 1. The molecule has 0 saturated heterocycles. The molecule has 5 heteroatoms. The van der Waals surface area contributed by atoms with Crippen molar-refractivity contribution < 1.29 is 4.79 Å². The number of hydrogen-bond donors (Lipinski definition) is 1. The minimum Gasteiger partial charge on any atom is -0.361 e. The summed E-state index contributed by atoms with van der Waals surface area (Å²) in [5.74, 6) is -0.0699. The van der Waals surface area contributed by atoms with Crippen LogP contribution in [-0.2, 0) is 6.54 Å². The minimum absolute atomic E-state index is 0.000876. The van der Waals surface area contributed by atoms with Gasteiger partial charge in [-0.2, -0.15) is 0 Å². The molecule has 2 heterocycles. The standard InChI is InChI=1S/C27H24N4O/c1-19-27(29-30-31(19)18-20-10-4-2-5-11-20)26(32)16-23(21-12-6-3-7-13-21)24-17-28-25-15-9-8-14-22(24)25/h2-15,17,23,28H,16,18H2,1H3. The van der Waals surface area contributed by atoms with Gasteiger partial charge in [0.25, 0.3) is 0 Å². The molecule has 3 aromatic carbocycles. The summed E-state index contributed by atoms with van der Waals surface area (Å²) < 4.78 is 1.80. The normalized spacial score (nSPS) is 12.2. The highest BCUT2D eigenvalue weighted by molar-refractivity contribution is 5.96. The lowest BCUT2D eigenvalue weighted by Gasteiger charge is -2.16. The third-order valence-electron chi connectivity index (χ3n) is 6.01. The van der Waals surface area contributed by atoms with Crippen LogP contribution in [0.2, 0.25) is 0 Å². The molecule has 0 radical (unpaired) electrons. The zero-order valence-corrected chi connectivity index (χ0v) is 17.9. The lowest BCUT2D eigenvalue weighted by molar-refractivity contribution is 0.0972. The van der Waals surface area contributed by atoms with E-state index >= 15 is 0 Å². The largest absolute Gasteiger partial charge is 0.361 e. The van der Waals surface area contributed by atoms with Crippen molar-refractivity contribution >= 4 is 16.7 Å². The Balaban J connectivity index is 1.46. The summed E-state index contributed by atoms with van der Waals surface area (Å²) in [4.78, 5) is 16.8. The highest BCUT2D eigenvalue weighted by Crippen LogP contribution is 2.34. The van der Waals surface area contributed by atoms with E-state index in [2.05, 4.69) is 39.6 Å². The van der Waals surface area contributed by atoms with Gasteiger partial charge in [-0.25, -0.2) is 4.68 Å². The molecule has 5 rings (SSSR count). The van der Waals surface area contributed by atoms with Crippen LogP contribution in [0.5, 0.6) is 0 Å². The van der Waals surface area contributed by atoms with Crippen molar-refractivity contribution in [3.63, 3.8) is 0 Å². The summed E-state index contributed by atoms with van der Waals surface area (Å²) in [7, 11) is 0. The Morgan fingerprint density at radius 2 is 1.62 bits per heavy atom. The molecule has 1 unspecified atom stereocenters. The maximum absolute atomic E-state index is 13.4.